The van der Waals surface area contributed by atoms with Gasteiger partial charge in [-0.1, -0.05) is 6.92 Å². The molecule has 7 nitrogen and oxygen atoms in total. The molecule has 7 heteroatoms. The lowest BCUT2D eigenvalue weighted by Crippen LogP contribution is -2.11. The van der Waals surface area contributed by atoms with Crippen molar-refractivity contribution >= 4 is 5.95 Å². The zero-order valence-electron chi connectivity index (χ0n) is 11.1. The van der Waals surface area contributed by atoms with Crippen LogP contribution in [0.3, 0.4) is 0 Å². The van der Waals surface area contributed by atoms with Gasteiger partial charge < -0.3 is 19.5 Å². The Morgan fingerprint density at radius 1 is 1.00 bits per heavy atom. The van der Waals surface area contributed by atoms with E-state index in [1.165, 1.54) is 0 Å². The first kappa shape index (κ1) is 14.4. The van der Waals surface area contributed by atoms with Crippen molar-refractivity contribution in [3.8, 4) is 12.0 Å². The fraction of sp³-hybridized carbons (Fsp3) is 0.727. The summed E-state index contributed by atoms with van der Waals surface area (Å²) in [5.74, 6) is 0.461. The third-order valence-corrected chi connectivity index (χ3v) is 1.92. The van der Waals surface area contributed by atoms with E-state index in [4.69, 9.17) is 14.2 Å². The standard InChI is InChI=1S/C11H20N4O3/c1-4-6-12-9-13-10(17-5-2)15-11(14-9)18-8-7-16-3/h4-8H2,1-3H3,(H,12,13,14,15). The Balaban J connectivity index is 2.70. The van der Waals surface area contributed by atoms with Crippen LogP contribution in [0.15, 0.2) is 0 Å². The van der Waals surface area contributed by atoms with E-state index < -0.39 is 0 Å². The zero-order chi connectivity index (χ0) is 13.2. The van der Waals surface area contributed by atoms with E-state index in [9.17, 15) is 0 Å². The molecular formula is C11H20N4O3. The Bertz CT molecular complexity index is 349. The summed E-state index contributed by atoms with van der Waals surface area (Å²) in [6.07, 6.45) is 0.982. The molecule has 0 spiro atoms. The van der Waals surface area contributed by atoms with Gasteiger partial charge in [-0.3, -0.25) is 0 Å². The zero-order valence-corrected chi connectivity index (χ0v) is 11.1. The summed E-state index contributed by atoms with van der Waals surface area (Å²) >= 11 is 0. The van der Waals surface area contributed by atoms with Crippen molar-refractivity contribution in [2.75, 3.05) is 38.8 Å². The largest absolute Gasteiger partial charge is 0.464 e. The predicted molar refractivity (Wildman–Crippen MR) is 67.1 cm³/mol. The fourth-order valence-corrected chi connectivity index (χ4v) is 1.13. The van der Waals surface area contributed by atoms with Crippen LogP contribution in [0.2, 0.25) is 0 Å². The monoisotopic (exact) mass is 256 g/mol. The first-order valence-corrected chi connectivity index (χ1v) is 6.04. The number of hydrogen-bond acceptors (Lipinski definition) is 7. The number of anilines is 1. The lowest BCUT2D eigenvalue weighted by Gasteiger charge is -2.08. The molecule has 1 aromatic rings. The molecule has 0 aliphatic rings. The van der Waals surface area contributed by atoms with Crippen LogP contribution >= 0.6 is 0 Å². The Labute approximate surface area is 107 Å². The molecule has 0 atom stereocenters. The second-order valence-corrected chi connectivity index (χ2v) is 3.43. The molecular weight excluding hydrogens is 236 g/mol. The van der Waals surface area contributed by atoms with Gasteiger partial charge >= 0.3 is 12.0 Å². The van der Waals surface area contributed by atoms with E-state index in [1.54, 1.807) is 7.11 Å². The summed E-state index contributed by atoms with van der Waals surface area (Å²) in [6.45, 7) is 6.08. The maximum atomic E-state index is 5.35. The van der Waals surface area contributed by atoms with Gasteiger partial charge in [-0.15, -0.1) is 4.98 Å². The van der Waals surface area contributed by atoms with Crippen molar-refractivity contribution in [2.45, 2.75) is 20.3 Å². The normalized spacial score (nSPS) is 10.2. The molecule has 102 valence electrons. The molecule has 0 aliphatic heterocycles. The minimum atomic E-state index is 0.240. The average Bonchev–Trinajstić information content (AvgIpc) is 2.37. The van der Waals surface area contributed by atoms with Gasteiger partial charge in [-0.2, -0.15) is 9.97 Å². The number of ether oxygens (including phenoxy) is 3. The molecule has 0 saturated heterocycles. The summed E-state index contributed by atoms with van der Waals surface area (Å²) in [4.78, 5) is 12.3. The van der Waals surface area contributed by atoms with E-state index >= 15 is 0 Å². The maximum Gasteiger partial charge on any atom is 0.324 e. The van der Waals surface area contributed by atoms with Gasteiger partial charge in [0.1, 0.15) is 6.61 Å². The van der Waals surface area contributed by atoms with Crippen molar-refractivity contribution in [2.24, 2.45) is 0 Å². The van der Waals surface area contributed by atoms with E-state index in [-0.39, 0.29) is 12.0 Å². The Morgan fingerprint density at radius 2 is 1.72 bits per heavy atom. The molecule has 0 radical (unpaired) electrons. The van der Waals surface area contributed by atoms with Crippen LogP contribution in [0.4, 0.5) is 5.95 Å². The average molecular weight is 256 g/mol. The van der Waals surface area contributed by atoms with Crippen LogP contribution in [0.25, 0.3) is 0 Å². The van der Waals surface area contributed by atoms with Crippen molar-refractivity contribution < 1.29 is 14.2 Å². The molecule has 1 heterocycles. The number of nitrogens with zero attached hydrogens (tertiary/aromatic N) is 3. The summed E-state index contributed by atoms with van der Waals surface area (Å²) in [5.41, 5.74) is 0. The smallest absolute Gasteiger partial charge is 0.324 e. The van der Waals surface area contributed by atoms with E-state index in [1.807, 2.05) is 6.92 Å². The molecule has 0 fully saturated rings. The SMILES string of the molecule is CCCNc1nc(OCC)nc(OCCOC)n1. The topological polar surface area (TPSA) is 78.4 Å². The predicted octanol–water partition coefficient (Wildman–Crippen LogP) is 1.12. The van der Waals surface area contributed by atoms with Gasteiger partial charge in [-0.25, -0.2) is 0 Å². The molecule has 1 aromatic heterocycles. The summed E-state index contributed by atoms with van der Waals surface area (Å²) in [7, 11) is 1.61. The van der Waals surface area contributed by atoms with Crippen molar-refractivity contribution in [3.63, 3.8) is 0 Å². The lowest BCUT2D eigenvalue weighted by atomic mass is 10.5. The summed E-state index contributed by atoms with van der Waals surface area (Å²) in [5, 5.41) is 3.07. The number of nitrogens with one attached hydrogen (secondary N) is 1. The number of methoxy groups -OCH3 is 1. The maximum absolute atomic E-state index is 5.35. The first-order valence-electron chi connectivity index (χ1n) is 6.04. The summed E-state index contributed by atoms with van der Waals surface area (Å²) < 4.78 is 15.5. The highest BCUT2D eigenvalue weighted by molar-refractivity contribution is 5.27. The minimum absolute atomic E-state index is 0.240. The van der Waals surface area contributed by atoms with Gasteiger partial charge in [0.05, 0.1) is 13.2 Å². The first-order chi connectivity index (χ1) is 8.80. The molecule has 0 aromatic carbocycles. The Morgan fingerprint density at radius 3 is 2.33 bits per heavy atom. The summed E-state index contributed by atoms with van der Waals surface area (Å²) in [6, 6.07) is 0.502. The fourth-order valence-electron chi connectivity index (χ4n) is 1.13. The van der Waals surface area contributed by atoms with Crippen molar-refractivity contribution in [1.82, 2.24) is 15.0 Å². The van der Waals surface area contributed by atoms with Crippen molar-refractivity contribution in [1.29, 1.82) is 0 Å². The number of rotatable bonds is 9. The van der Waals surface area contributed by atoms with Gasteiger partial charge in [0, 0.05) is 13.7 Å². The Hall–Kier alpha value is -1.63. The number of aromatic nitrogens is 3. The quantitative estimate of drug-likeness (QED) is 0.663. The highest BCUT2D eigenvalue weighted by Gasteiger charge is 2.07. The minimum Gasteiger partial charge on any atom is -0.464 e. The third kappa shape index (κ3) is 5.13. The molecule has 0 bridgehead atoms. The highest BCUT2D eigenvalue weighted by Crippen LogP contribution is 2.12. The molecule has 0 aliphatic carbocycles. The van der Waals surface area contributed by atoms with E-state index in [2.05, 4.69) is 27.2 Å². The third-order valence-electron chi connectivity index (χ3n) is 1.92. The van der Waals surface area contributed by atoms with Gasteiger partial charge in [0.25, 0.3) is 0 Å². The van der Waals surface area contributed by atoms with Crippen molar-refractivity contribution in [3.05, 3.63) is 0 Å². The van der Waals surface area contributed by atoms with Gasteiger partial charge in [0.2, 0.25) is 5.95 Å². The van der Waals surface area contributed by atoms with E-state index in [0.717, 1.165) is 13.0 Å². The molecule has 0 amide bonds. The van der Waals surface area contributed by atoms with Crippen LogP contribution in [-0.4, -0.2) is 48.4 Å². The molecule has 1 rings (SSSR count). The molecule has 0 unspecified atom stereocenters. The molecule has 1 N–H and O–H groups in total. The second-order valence-electron chi connectivity index (χ2n) is 3.43. The Kier molecular flexibility index (Phi) is 6.78. The van der Waals surface area contributed by atoms with Gasteiger partial charge in [0.15, 0.2) is 0 Å². The van der Waals surface area contributed by atoms with Gasteiger partial charge in [-0.05, 0) is 13.3 Å². The second kappa shape index (κ2) is 8.46. The molecule has 0 saturated carbocycles. The van der Waals surface area contributed by atoms with Crippen LogP contribution in [0, 0.1) is 0 Å². The van der Waals surface area contributed by atoms with E-state index in [0.29, 0.717) is 25.8 Å². The van der Waals surface area contributed by atoms with Crippen LogP contribution < -0.4 is 14.8 Å². The van der Waals surface area contributed by atoms with Crippen LogP contribution in [-0.2, 0) is 4.74 Å². The molecule has 18 heavy (non-hydrogen) atoms. The number of hydrogen-bond donors (Lipinski definition) is 1. The van der Waals surface area contributed by atoms with Crippen LogP contribution in [0.1, 0.15) is 20.3 Å². The highest BCUT2D eigenvalue weighted by atomic mass is 16.5. The lowest BCUT2D eigenvalue weighted by molar-refractivity contribution is 0.139. The van der Waals surface area contributed by atoms with Crippen LogP contribution in [0.5, 0.6) is 12.0 Å².